The van der Waals surface area contributed by atoms with E-state index < -0.39 is 11.7 Å². The molecule has 2 aromatic rings. The molecular formula is C19H22FN3O3S. The number of hydrogen-bond donors (Lipinski definition) is 1. The van der Waals surface area contributed by atoms with Crippen LogP contribution in [-0.2, 0) is 9.53 Å². The fourth-order valence-electron chi connectivity index (χ4n) is 2.92. The van der Waals surface area contributed by atoms with Crippen molar-refractivity contribution >= 4 is 28.3 Å². The zero-order valence-corrected chi connectivity index (χ0v) is 16.1. The Morgan fingerprint density at radius 1 is 1.41 bits per heavy atom. The lowest BCUT2D eigenvalue weighted by molar-refractivity contribution is -0.117. The van der Waals surface area contributed by atoms with Crippen molar-refractivity contribution in [1.82, 2.24) is 9.88 Å². The number of carbonyl (C=O) groups excluding carboxylic acids is 2. The summed E-state index contributed by atoms with van der Waals surface area (Å²) in [4.78, 5) is 32.0. The van der Waals surface area contributed by atoms with E-state index in [2.05, 4.69) is 10.3 Å². The molecule has 6 nitrogen and oxygen atoms in total. The molecule has 2 amide bonds. The van der Waals surface area contributed by atoms with Gasteiger partial charge in [0.15, 0.2) is 5.13 Å². The SMILES string of the molecule is Cc1nc(NC(=O)CN(C[C@H]2CCCO2)C(=O)c2cccc(F)c2)sc1C. The quantitative estimate of drug-likeness (QED) is 0.821. The first-order chi connectivity index (χ1) is 12.9. The molecule has 0 spiro atoms. The van der Waals surface area contributed by atoms with Crippen molar-refractivity contribution in [3.05, 3.63) is 46.2 Å². The number of nitrogens with zero attached hydrogens (tertiary/aromatic N) is 2. The molecule has 0 saturated carbocycles. The highest BCUT2D eigenvalue weighted by Gasteiger charge is 2.25. The van der Waals surface area contributed by atoms with Crippen LogP contribution in [0.2, 0.25) is 0 Å². The van der Waals surface area contributed by atoms with Gasteiger partial charge >= 0.3 is 0 Å². The minimum absolute atomic E-state index is 0.111. The summed E-state index contributed by atoms with van der Waals surface area (Å²) < 4.78 is 19.1. The van der Waals surface area contributed by atoms with Crippen LogP contribution >= 0.6 is 11.3 Å². The van der Waals surface area contributed by atoms with Crippen molar-refractivity contribution in [3.63, 3.8) is 0 Å². The van der Waals surface area contributed by atoms with Crippen LogP contribution in [0.3, 0.4) is 0 Å². The number of aromatic nitrogens is 1. The van der Waals surface area contributed by atoms with Gasteiger partial charge in [-0.15, -0.1) is 11.3 Å². The lowest BCUT2D eigenvalue weighted by Crippen LogP contribution is -2.42. The first kappa shape index (κ1) is 19.4. The van der Waals surface area contributed by atoms with E-state index in [-0.39, 0.29) is 24.1 Å². The number of hydrogen-bond acceptors (Lipinski definition) is 5. The van der Waals surface area contributed by atoms with Gasteiger partial charge in [0.25, 0.3) is 5.91 Å². The molecule has 0 radical (unpaired) electrons. The first-order valence-electron chi connectivity index (χ1n) is 8.82. The molecule has 1 atom stereocenters. The standard InChI is InChI=1S/C19H22FN3O3S/c1-12-13(2)27-19(21-12)22-17(24)11-23(10-16-7-4-8-26-16)18(25)14-5-3-6-15(20)9-14/h3,5-6,9,16H,4,7-8,10-11H2,1-2H3,(H,21,22,24)/t16-/m1/s1. The average molecular weight is 391 g/mol. The number of carbonyl (C=O) groups is 2. The summed E-state index contributed by atoms with van der Waals surface area (Å²) in [6, 6.07) is 5.48. The smallest absolute Gasteiger partial charge is 0.254 e. The molecule has 1 N–H and O–H groups in total. The monoisotopic (exact) mass is 391 g/mol. The molecule has 1 aromatic heterocycles. The van der Waals surface area contributed by atoms with E-state index in [1.165, 1.54) is 34.4 Å². The van der Waals surface area contributed by atoms with E-state index in [1.807, 2.05) is 13.8 Å². The van der Waals surface area contributed by atoms with Gasteiger partial charge in [0.1, 0.15) is 12.4 Å². The highest BCUT2D eigenvalue weighted by molar-refractivity contribution is 7.15. The van der Waals surface area contributed by atoms with E-state index in [4.69, 9.17) is 4.74 Å². The Balaban J connectivity index is 1.72. The Bertz CT molecular complexity index is 814. The Morgan fingerprint density at radius 2 is 2.22 bits per heavy atom. The molecule has 3 rings (SSSR count). The number of ether oxygens (including phenoxy) is 1. The van der Waals surface area contributed by atoms with Gasteiger partial charge in [0, 0.05) is 23.6 Å². The van der Waals surface area contributed by atoms with Crippen molar-refractivity contribution in [3.8, 4) is 0 Å². The van der Waals surface area contributed by atoms with E-state index in [9.17, 15) is 14.0 Å². The second-order valence-electron chi connectivity index (χ2n) is 6.54. The fourth-order valence-corrected chi connectivity index (χ4v) is 3.75. The number of thiazole rings is 1. The Hall–Kier alpha value is -2.32. The van der Waals surface area contributed by atoms with E-state index in [1.54, 1.807) is 6.07 Å². The molecule has 0 aliphatic carbocycles. The number of halogens is 1. The number of nitrogens with one attached hydrogen (secondary N) is 1. The molecular weight excluding hydrogens is 369 g/mol. The van der Waals surface area contributed by atoms with Gasteiger partial charge in [0.05, 0.1) is 11.8 Å². The molecule has 144 valence electrons. The van der Waals surface area contributed by atoms with Crippen LogP contribution in [0.1, 0.15) is 33.8 Å². The largest absolute Gasteiger partial charge is 0.376 e. The minimum atomic E-state index is -0.490. The highest BCUT2D eigenvalue weighted by atomic mass is 32.1. The van der Waals surface area contributed by atoms with Gasteiger partial charge < -0.3 is 15.0 Å². The summed E-state index contributed by atoms with van der Waals surface area (Å²) in [5.74, 6) is -1.23. The summed E-state index contributed by atoms with van der Waals surface area (Å²) in [7, 11) is 0. The van der Waals surface area contributed by atoms with Crippen molar-refractivity contribution < 1.29 is 18.7 Å². The van der Waals surface area contributed by atoms with Crippen molar-refractivity contribution in [2.24, 2.45) is 0 Å². The first-order valence-corrected chi connectivity index (χ1v) is 9.64. The summed E-state index contributed by atoms with van der Waals surface area (Å²) >= 11 is 1.39. The zero-order valence-electron chi connectivity index (χ0n) is 15.3. The second kappa shape index (κ2) is 8.58. The fraction of sp³-hybridized carbons (Fsp3) is 0.421. The molecule has 1 saturated heterocycles. The van der Waals surface area contributed by atoms with E-state index in [0.29, 0.717) is 18.3 Å². The topological polar surface area (TPSA) is 71.5 Å². The Labute approximate surface area is 161 Å². The molecule has 1 aliphatic rings. The maximum absolute atomic E-state index is 13.5. The van der Waals surface area contributed by atoms with Crippen molar-refractivity contribution in [2.45, 2.75) is 32.8 Å². The molecule has 27 heavy (non-hydrogen) atoms. The Morgan fingerprint density at radius 3 is 2.85 bits per heavy atom. The number of amides is 2. The number of benzene rings is 1. The van der Waals surface area contributed by atoms with Crippen LogP contribution in [0.5, 0.6) is 0 Å². The highest BCUT2D eigenvalue weighted by Crippen LogP contribution is 2.21. The van der Waals surface area contributed by atoms with E-state index in [0.717, 1.165) is 23.4 Å². The maximum Gasteiger partial charge on any atom is 0.254 e. The van der Waals surface area contributed by atoms with Crippen LogP contribution in [0.4, 0.5) is 9.52 Å². The third-order valence-corrected chi connectivity index (χ3v) is 5.40. The predicted octanol–water partition coefficient (Wildman–Crippen LogP) is 3.16. The molecule has 1 fully saturated rings. The molecule has 0 bridgehead atoms. The molecule has 1 aliphatic heterocycles. The predicted molar refractivity (Wildman–Crippen MR) is 101 cm³/mol. The van der Waals surface area contributed by atoms with Gasteiger partial charge in [-0.3, -0.25) is 9.59 Å². The molecule has 2 heterocycles. The lowest BCUT2D eigenvalue weighted by atomic mass is 10.1. The number of rotatable bonds is 6. The minimum Gasteiger partial charge on any atom is -0.376 e. The number of aryl methyl sites for hydroxylation is 2. The third kappa shape index (κ3) is 5.11. The number of anilines is 1. The third-order valence-electron chi connectivity index (χ3n) is 4.42. The second-order valence-corrected chi connectivity index (χ2v) is 7.74. The normalized spacial score (nSPS) is 16.3. The lowest BCUT2D eigenvalue weighted by Gasteiger charge is -2.25. The van der Waals surface area contributed by atoms with E-state index >= 15 is 0 Å². The van der Waals surface area contributed by atoms with Gasteiger partial charge in [-0.25, -0.2) is 9.37 Å². The summed E-state index contributed by atoms with van der Waals surface area (Å²) in [6.07, 6.45) is 1.65. The summed E-state index contributed by atoms with van der Waals surface area (Å²) in [5, 5.41) is 3.24. The van der Waals surface area contributed by atoms with Crippen molar-refractivity contribution in [2.75, 3.05) is 25.0 Å². The molecule has 0 unspecified atom stereocenters. The van der Waals surface area contributed by atoms with Crippen LogP contribution < -0.4 is 5.32 Å². The Kier molecular flexibility index (Phi) is 6.18. The summed E-state index contributed by atoms with van der Waals surface area (Å²) in [5.41, 5.74) is 1.07. The van der Waals surface area contributed by atoms with Crippen LogP contribution in [0.15, 0.2) is 24.3 Å². The van der Waals surface area contributed by atoms with Gasteiger partial charge in [0.2, 0.25) is 5.91 Å². The van der Waals surface area contributed by atoms with Gasteiger partial charge in [-0.1, -0.05) is 6.07 Å². The van der Waals surface area contributed by atoms with Crippen LogP contribution in [-0.4, -0.2) is 47.5 Å². The molecule has 1 aromatic carbocycles. The van der Waals surface area contributed by atoms with Crippen molar-refractivity contribution in [1.29, 1.82) is 0 Å². The maximum atomic E-state index is 13.5. The van der Waals surface area contributed by atoms with Gasteiger partial charge in [-0.2, -0.15) is 0 Å². The van der Waals surface area contributed by atoms with Crippen LogP contribution in [0.25, 0.3) is 0 Å². The molecule has 8 heteroatoms. The zero-order chi connectivity index (χ0) is 19.4. The average Bonchev–Trinajstić information content (AvgIpc) is 3.23. The van der Waals surface area contributed by atoms with Crippen LogP contribution in [0, 0.1) is 19.7 Å². The summed E-state index contributed by atoms with van der Waals surface area (Å²) in [6.45, 7) is 4.60. The van der Waals surface area contributed by atoms with Gasteiger partial charge in [-0.05, 0) is 44.9 Å².